The van der Waals surface area contributed by atoms with Gasteiger partial charge in [-0.3, -0.25) is 0 Å². The van der Waals surface area contributed by atoms with Gasteiger partial charge in [-0.1, -0.05) is 68.1 Å². The maximum atomic E-state index is 13.1. The molecule has 0 spiro atoms. The van der Waals surface area contributed by atoms with Crippen LogP contribution in [-0.2, 0) is 16.1 Å². The Balaban J connectivity index is 1.68. The average Bonchev–Trinajstić information content (AvgIpc) is 3.27. The molecule has 34 heavy (non-hydrogen) atoms. The fraction of sp³-hybridized carbons (Fsp3) is 0.346. The third kappa shape index (κ3) is 5.44. The summed E-state index contributed by atoms with van der Waals surface area (Å²) in [5.41, 5.74) is 3.21. The molecule has 1 atom stereocenters. The van der Waals surface area contributed by atoms with E-state index in [0.717, 1.165) is 35.5 Å². The predicted molar refractivity (Wildman–Crippen MR) is 134 cm³/mol. The second kappa shape index (κ2) is 11.2. The Morgan fingerprint density at radius 3 is 2.71 bits per heavy atom. The van der Waals surface area contributed by atoms with Crippen molar-refractivity contribution >= 4 is 23.7 Å². The highest BCUT2D eigenvalue weighted by atomic mass is 32.2. The van der Waals surface area contributed by atoms with Crippen molar-refractivity contribution < 1.29 is 14.3 Å². The van der Waals surface area contributed by atoms with Gasteiger partial charge < -0.3 is 14.8 Å². The van der Waals surface area contributed by atoms with Gasteiger partial charge in [-0.25, -0.2) is 9.48 Å². The van der Waals surface area contributed by atoms with Gasteiger partial charge in [0.15, 0.2) is 0 Å². The van der Waals surface area contributed by atoms with Crippen molar-refractivity contribution in [3.63, 3.8) is 0 Å². The molecule has 1 aromatic heterocycles. The molecule has 8 heteroatoms. The van der Waals surface area contributed by atoms with Gasteiger partial charge >= 0.3 is 5.97 Å². The first-order valence-corrected chi connectivity index (χ1v) is 12.6. The number of carbonyl (C=O) groups is 1. The molecule has 0 amide bonds. The van der Waals surface area contributed by atoms with Crippen LogP contribution < -0.4 is 10.1 Å². The summed E-state index contributed by atoms with van der Waals surface area (Å²) < 4.78 is 13.4. The van der Waals surface area contributed by atoms with Gasteiger partial charge in [0.05, 0.1) is 12.2 Å². The van der Waals surface area contributed by atoms with Crippen LogP contribution in [-0.4, -0.2) is 33.1 Å². The lowest BCUT2D eigenvalue weighted by atomic mass is 9.95. The molecule has 1 aliphatic heterocycles. The molecular weight excluding hydrogens is 448 g/mol. The summed E-state index contributed by atoms with van der Waals surface area (Å²) in [5, 5.41) is 8.67. The number of fused-ring (bicyclic) bond motifs is 1. The molecule has 178 valence electrons. The third-order valence-electron chi connectivity index (χ3n) is 5.35. The highest BCUT2D eigenvalue weighted by Gasteiger charge is 2.35. The van der Waals surface area contributed by atoms with Gasteiger partial charge in [0, 0.05) is 11.4 Å². The topological polar surface area (TPSA) is 78.3 Å². The molecule has 1 unspecified atom stereocenters. The lowest BCUT2D eigenvalue weighted by Crippen LogP contribution is -2.29. The maximum Gasteiger partial charge on any atom is 0.338 e. The third-order valence-corrected chi connectivity index (χ3v) is 6.39. The molecule has 0 saturated heterocycles. The summed E-state index contributed by atoms with van der Waals surface area (Å²) in [7, 11) is 0. The first-order chi connectivity index (χ1) is 16.6. The largest absolute Gasteiger partial charge is 0.489 e. The molecule has 1 aliphatic rings. The normalized spacial score (nSPS) is 15.0. The molecular formula is C26H30N4O3S. The Morgan fingerprint density at radius 2 is 1.94 bits per heavy atom. The molecule has 7 nitrogen and oxygen atoms in total. The van der Waals surface area contributed by atoms with Gasteiger partial charge in [-0.2, -0.15) is 4.98 Å². The number of aromatic nitrogens is 3. The molecule has 0 radical (unpaired) electrons. The van der Waals surface area contributed by atoms with Crippen LogP contribution in [0.5, 0.6) is 5.75 Å². The van der Waals surface area contributed by atoms with Gasteiger partial charge in [-0.05, 0) is 43.0 Å². The molecule has 0 fully saturated rings. The van der Waals surface area contributed by atoms with Crippen molar-refractivity contribution in [2.24, 2.45) is 0 Å². The van der Waals surface area contributed by atoms with Gasteiger partial charge in [-0.15, -0.1) is 5.10 Å². The first-order valence-electron chi connectivity index (χ1n) is 11.6. The number of ether oxygens (including phenoxy) is 2. The number of carbonyl (C=O) groups excluding carboxylic acids is 1. The monoisotopic (exact) mass is 478 g/mol. The van der Waals surface area contributed by atoms with E-state index < -0.39 is 6.04 Å². The Morgan fingerprint density at radius 1 is 1.12 bits per heavy atom. The van der Waals surface area contributed by atoms with E-state index in [1.807, 2.05) is 68.4 Å². The number of anilines is 1. The van der Waals surface area contributed by atoms with Crippen molar-refractivity contribution in [1.29, 1.82) is 0 Å². The summed E-state index contributed by atoms with van der Waals surface area (Å²) >= 11 is 1.60. The molecule has 2 aromatic carbocycles. The standard InChI is InChI=1S/C26H30N4O3S/c1-4-14-32-24(31)22-18(3)27-25-28-26(34-15-5-2)29-30(25)23(22)20-12-9-13-21(16-20)33-17-19-10-7-6-8-11-19/h6-13,16,23H,4-5,14-15,17H2,1-3H3,(H,27,28,29). The average molecular weight is 479 g/mol. The fourth-order valence-corrected chi connectivity index (χ4v) is 4.43. The number of hydrogen-bond donors (Lipinski definition) is 1. The van der Waals surface area contributed by atoms with Crippen LogP contribution in [0.1, 0.15) is 50.8 Å². The second-order valence-electron chi connectivity index (χ2n) is 8.06. The van der Waals surface area contributed by atoms with Crippen LogP contribution in [0.4, 0.5) is 5.95 Å². The lowest BCUT2D eigenvalue weighted by molar-refractivity contribution is -0.139. The Bertz CT molecular complexity index is 1160. The van der Waals surface area contributed by atoms with E-state index in [1.165, 1.54) is 0 Å². The zero-order chi connectivity index (χ0) is 23.9. The highest BCUT2D eigenvalue weighted by Crippen LogP contribution is 2.37. The van der Waals surface area contributed by atoms with E-state index in [2.05, 4.69) is 17.2 Å². The minimum absolute atomic E-state index is 0.351. The Hall–Kier alpha value is -3.26. The number of hydrogen-bond acceptors (Lipinski definition) is 7. The van der Waals surface area contributed by atoms with E-state index in [4.69, 9.17) is 14.6 Å². The number of nitrogens with one attached hydrogen (secondary N) is 1. The van der Waals surface area contributed by atoms with Gasteiger partial charge in [0.2, 0.25) is 11.1 Å². The van der Waals surface area contributed by atoms with Crippen molar-refractivity contribution in [1.82, 2.24) is 14.8 Å². The SMILES string of the molecule is CCCOC(=O)C1=C(C)Nc2nc(SCCC)nn2C1c1cccc(OCc2ccccc2)c1. The lowest BCUT2D eigenvalue weighted by Gasteiger charge is -2.28. The Labute approximate surface area is 204 Å². The number of thioether (sulfide) groups is 1. The van der Waals surface area contributed by atoms with Crippen LogP contribution in [0.25, 0.3) is 0 Å². The number of nitrogens with zero attached hydrogens (tertiary/aromatic N) is 3. The van der Waals surface area contributed by atoms with Crippen molar-refractivity contribution in [3.05, 3.63) is 77.0 Å². The first kappa shape index (κ1) is 23.9. The number of esters is 1. The molecule has 0 saturated carbocycles. The van der Waals surface area contributed by atoms with Crippen molar-refractivity contribution in [3.8, 4) is 5.75 Å². The highest BCUT2D eigenvalue weighted by molar-refractivity contribution is 7.99. The van der Waals surface area contributed by atoms with Crippen LogP contribution in [0.15, 0.2) is 71.0 Å². The van der Waals surface area contributed by atoms with Crippen molar-refractivity contribution in [2.75, 3.05) is 17.7 Å². The smallest absolute Gasteiger partial charge is 0.338 e. The van der Waals surface area contributed by atoms with Crippen molar-refractivity contribution in [2.45, 2.75) is 51.4 Å². The van der Waals surface area contributed by atoms with E-state index in [0.29, 0.717) is 35.6 Å². The van der Waals surface area contributed by atoms with E-state index in [9.17, 15) is 4.79 Å². The maximum absolute atomic E-state index is 13.1. The van der Waals surface area contributed by atoms with Crippen LogP contribution in [0, 0.1) is 0 Å². The van der Waals surface area contributed by atoms with E-state index >= 15 is 0 Å². The molecule has 0 bridgehead atoms. The minimum atomic E-state index is -0.468. The van der Waals surface area contributed by atoms with E-state index in [-0.39, 0.29) is 5.97 Å². The molecule has 0 aliphatic carbocycles. The summed E-state index contributed by atoms with van der Waals surface area (Å²) in [5.74, 6) is 1.91. The molecule has 1 N–H and O–H groups in total. The summed E-state index contributed by atoms with van der Waals surface area (Å²) in [6.07, 6.45) is 1.78. The molecule has 4 rings (SSSR count). The van der Waals surface area contributed by atoms with Gasteiger partial charge in [0.25, 0.3) is 0 Å². The van der Waals surface area contributed by atoms with E-state index in [1.54, 1.807) is 16.4 Å². The molecule has 2 heterocycles. The van der Waals surface area contributed by atoms with Crippen LogP contribution in [0.3, 0.4) is 0 Å². The number of allylic oxidation sites excluding steroid dienone is 1. The fourth-order valence-electron chi connectivity index (χ4n) is 3.75. The summed E-state index contributed by atoms with van der Waals surface area (Å²) in [6, 6.07) is 17.4. The summed E-state index contributed by atoms with van der Waals surface area (Å²) in [4.78, 5) is 17.8. The zero-order valence-corrected chi connectivity index (χ0v) is 20.6. The zero-order valence-electron chi connectivity index (χ0n) is 19.8. The summed E-state index contributed by atoms with van der Waals surface area (Å²) in [6.45, 7) is 6.81. The number of rotatable bonds is 10. The Kier molecular flexibility index (Phi) is 7.90. The quantitative estimate of drug-likeness (QED) is 0.300. The molecule has 3 aromatic rings. The van der Waals surface area contributed by atoms with Crippen LogP contribution in [0.2, 0.25) is 0 Å². The predicted octanol–water partition coefficient (Wildman–Crippen LogP) is 5.60. The second-order valence-corrected chi connectivity index (χ2v) is 9.12. The van der Waals surface area contributed by atoms with Crippen LogP contribution >= 0.6 is 11.8 Å². The minimum Gasteiger partial charge on any atom is -0.489 e. The number of benzene rings is 2. The van der Waals surface area contributed by atoms with Gasteiger partial charge in [0.1, 0.15) is 18.4 Å².